The van der Waals surface area contributed by atoms with Crippen LogP contribution in [0.4, 0.5) is 0 Å². The van der Waals surface area contributed by atoms with Crippen molar-refractivity contribution in [2.24, 2.45) is 5.92 Å². The van der Waals surface area contributed by atoms with Crippen LogP contribution >= 0.6 is 11.3 Å². The van der Waals surface area contributed by atoms with E-state index in [1.165, 1.54) is 53.7 Å². The number of amides is 1. The number of aryl methyl sites for hydroxylation is 2. The molecule has 2 aliphatic carbocycles. The highest BCUT2D eigenvalue weighted by molar-refractivity contribution is 7.10. The predicted octanol–water partition coefficient (Wildman–Crippen LogP) is 4.63. The Labute approximate surface area is 141 Å². The molecule has 0 bridgehead atoms. The van der Waals surface area contributed by atoms with Gasteiger partial charge in [0.05, 0.1) is 6.04 Å². The molecule has 1 saturated carbocycles. The first-order valence-corrected chi connectivity index (χ1v) is 9.65. The normalized spacial score (nSPS) is 18.8. The summed E-state index contributed by atoms with van der Waals surface area (Å²) >= 11 is 1.73. The van der Waals surface area contributed by atoms with Gasteiger partial charge in [0.1, 0.15) is 0 Å². The van der Waals surface area contributed by atoms with Gasteiger partial charge in [-0.1, -0.05) is 30.7 Å². The van der Waals surface area contributed by atoms with Crippen LogP contribution < -0.4 is 5.32 Å². The van der Waals surface area contributed by atoms with E-state index in [0.717, 1.165) is 12.8 Å². The summed E-state index contributed by atoms with van der Waals surface area (Å²) in [6, 6.07) is 11.0. The Balaban J connectivity index is 1.63. The Kier molecular flexibility index (Phi) is 4.21. The minimum Gasteiger partial charge on any atom is -0.344 e. The third kappa shape index (κ3) is 3.07. The number of carbonyl (C=O) groups excluding carboxylic acids is 1. The molecule has 1 fully saturated rings. The smallest absolute Gasteiger partial charge is 0.223 e. The second kappa shape index (κ2) is 6.48. The minimum absolute atomic E-state index is 0.00956. The van der Waals surface area contributed by atoms with Gasteiger partial charge in [-0.15, -0.1) is 11.3 Å². The van der Waals surface area contributed by atoms with Crippen LogP contribution in [0.5, 0.6) is 0 Å². The van der Waals surface area contributed by atoms with Crippen molar-refractivity contribution in [3.63, 3.8) is 0 Å². The zero-order chi connectivity index (χ0) is 15.6. The van der Waals surface area contributed by atoms with Crippen molar-refractivity contribution in [2.45, 2.75) is 51.0 Å². The first-order valence-electron chi connectivity index (χ1n) is 8.77. The van der Waals surface area contributed by atoms with Crippen LogP contribution in [-0.4, -0.2) is 5.91 Å². The Hall–Kier alpha value is -1.61. The van der Waals surface area contributed by atoms with Crippen LogP contribution in [0.3, 0.4) is 0 Å². The van der Waals surface area contributed by atoms with Crippen molar-refractivity contribution >= 4 is 17.2 Å². The topological polar surface area (TPSA) is 29.1 Å². The van der Waals surface area contributed by atoms with Crippen molar-refractivity contribution in [2.75, 3.05) is 0 Å². The molecule has 2 aromatic rings. The number of hydrogen-bond acceptors (Lipinski definition) is 2. The first kappa shape index (κ1) is 14.9. The molecular formula is C20H23NOS. The van der Waals surface area contributed by atoms with Crippen molar-refractivity contribution in [3.05, 3.63) is 57.3 Å². The maximum Gasteiger partial charge on any atom is 0.223 e. The van der Waals surface area contributed by atoms with Gasteiger partial charge < -0.3 is 5.32 Å². The molecule has 2 aliphatic rings. The zero-order valence-electron chi connectivity index (χ0n) is 13.4. The van der Waals surface area contributed by atoms with Gasteiger partial charge in [0, 0.05) is 10.8 Å². The van der Waals surface area contributed by atoms with Crippen molar-refractivity contribution in [3.8, 4) is 0 Å². The minimum atomic E-state index is 0.00956. The van der Waals surface area contributed by atoms with Gasteiger partial charge in [-0.05, 0) is 66.7 Å². The van der Waals surface area contributed by atoms with E-state index >= 15 is 0 Å². The number of rotatable bonds is 4. The zero-order valence-corrected chi connectivity index (χ0v) is 14.2. The van der Waals surface area contributed by atoms with E-state index in [1.54, 1.807) is 11.3 Å². The molecule has 4 rings (SSSR count). The molecule has 1 amide bonds. The highest BCUT2D eigenvalue weighted by atomic mass is 32.1. The quantitative estimate of drug-likeness (QED) is 0.872. The summed E-state index contributed by atoms with van der Waals surface area (Å²) in [6.07, 6.45) is 8.26. The van der Waals surface area contributed by atoms with Crippen molar-refractivity contribution in [1.82, 2.24) is 5.32 Å². The summed E-state index contributed by atoms with van der Waals surface area (Å²) < 4.78 is 0. The van der Waals surface area contributed by atoms with Gasteiger partial charge in [0.15, 0.2) is 0 Å². The number of hydrogen-bond donors (Lipinski definition) is 1. The molecule has 1 heterocycles. The van der Waals surface area contributed by atoms with Crippen LogP contribution in [0.15, 0.2) is 35.7 Å². The standard InChI is InChI=1S/C20H23NOS/c22-20(15-7-3-8-15)21-19(18-9-4-12-23-18)17-11-10-14-5-1-2-6-16(14)13-17/h4,9-13,15,19H,1-3,5-8H2,(H,21,22)/t19-/m1/s1. The summed E-state index contributed by atoms with van der Waals surface area (Å²) in [4.78, 5) is 13.7. The van der Waals surface area contributed by atoms with E-state index in [4.69, 9.17) is 0 Å². The Morgan fingerprint density at radius 2 is 1.91 bits per heavy atom. The number of benzene rings is 1. The van der Waals surface area contributed by atoms with Gasteiger partial charge in [-0.3, -0.25) is 4.79 Å². The predicted molar refractivity (Wildman–Crippen MR) is 94.7 cm³/mol. The van der Waals surface area contributed by atoms with E-state index in [9.17, 15) is 4.79 Å². The van der Waals surface area contributed by atoms with Gasteiger partial charge >= 0.3 is 0 Å². The maximum atomic E-state index is 12.5. The molecule has 0 radical (unpaired) electrons. The number of fused-ring (bicyclic) bond motifs is 1. The van der Waals surface area contributed by atoms with E-state index in [-0.39, 0.29) is 17.9 Å². The van der Waals surface area contributed by atoms with Crippen LogP contribution in [0, 0.1) is 5.92 Å². The van der Waals surface area contributed by atoms with E-state index in [1.807, 2.05) is 0 Å². The fraction of sp³-hybridized carbons (Fsp3) is 0.450. The molecule has 3 heteroatoms. The molecule has 1 aromatic heterocycles. The largest absolute Gasteiger partial charge is 0.344 e. The lowest BCUT2D eigenvalue weighted by Crippen LogP contribution is -2.37. The Bertz CT molecular complexity index is 688. The third-order valence-electron chi connectivity index (χ3n) is 5.30. The fourth-order valence-corrected chi connectivity index (χ4v) is 4.44. The highest BCUT2D eigenvalue weighted by Gasteiger charge is 2.28. The summed E-state index contributed by atoms with van der Waals surface area (Å²) in [5, 5.41) is 5.41. The second-order valence-corrected chi connectivity index (χ2v) is 7.80. The lowest BCUT2D eigenvalue weighted by molar-refractivity contribution is -0.127. The molecule has 0 saturated heterocycles. The van der Waals surface area contributed by atoms with Gasteiger partial charge in [-0.2, -0.15) is 0 Å². The SMILES string of the molecule is O=C(N[C@H](c1ccc2c(c1)CCCC2)c1cccs1)C1CCC1. The lowest BCUT2D eigenvalue weighted by Gasteiger charge is -2.28. The van der Waals surface area contributed by atoms with Crippen LogP contribution in [-0.2, 0) is 17.6 Å². The van der Waals surface area contributed by atoms with Crippen LogP contribution in [0.1, 0.15) is 59.7 Å². The molecule has 2 nitrogen and oxygen atoms in total. The average molecular weight is 325 g/mol. The van der Waals surface area contributed by atoms with Gasteiger partial charge in [0.25, 0.3) is 0 Å². The summed E-state index contributed by atoms with van der Waals surface area (Å²) in [5.74, 6) is 0.461. The molecule has 1 atom stereocenters. The number of carbonyl (C=O) groups is 1. The Morgan fingerprint density at radius 1 is 1.09 bits per heavy atom. The summed E-state index contributed by atoms with van der Waals surface area (Å²) in [7, 11) is 0. The molecule has 0 spiro atoms. The molecule has 0 aliphatic heterocycles. The summed E-state index contributed by atoms with van der Waals surface area (Å²) in [6.45, 7) is 0. The van der Waals surface area contributed by atoms with Crippen LogP contribution in [0.2, 0.25) is 0 Å². The molecule has 1 aromatic carbocycles. The first-order chi connectivity index (χ1) is 11.3. The van der Waals surface area contributed by atoms with Gasteiger partial charge in [0.2, 0.25) is 5.91 Å². The van der Waals surface area contributed by atoms with Crippen LogP contribution in [0.25, 0.3) is 0 Å². The summed E-state index contributed by atoms with van der Waals surface area (Å²) in [5.41, 5.74) is 4.21. The third-order valence-corrected chi connectivity index (χ3v) is 6.23. The van der Waals surface area contributed by atoms with E-state index in [2.05, 4.69) is 41.0 Å². The Morgan fingerprint density at radius 3 is 2.61 bits per heavy atom. The number of thiophene rings is 1. The van der Waals surface area contributed by atoms with E-state index < -0.39 is 0 Å². The molecule has 23 heavy (non-hydrogen) atoms. The maximum absolute atomic E-state index is 12.5. The lowest BCUT2D eigenvalue weighted by atomic mass is 9.84. The monoisotopic (exact) mass is 325 g/mol. The van der Waals surface area contributed by atoms with Gasteiger partial charge in [-0.25, -0.2) is 0 Å². The van der Waals surface area contributed by atoms with E-state index in [0.29, 0.717) is 0 Å². The second-order valence-electron chi connectivity index (χ2n) is 6.82. The molecule has 1 N–H and O–H groups in total. The number of nitrogens with one attached hydrogen (secondary N) is 1. The average Bonchev–Trinajstić information content (AvgIpc) is 3.04. The fourth-order valence-electron chi connectivity index (χ4n) is 3.64. The molecule has 120 valence electrons. The molecular weight excluding hydrogens is 302 g/mol. The highest BCUT2D eigenvalue weighted by Crippen LogP contribution is 2.32. The molecule has 0 unspecified atom stereocenters. The van der Waals surface area contributed by atoms with Crippen molar-refractivity contribution < 1.29 is 4.79 Å². The van der Waals surface area contributed by atoms with Crippen molar-refractivity contribution in [1.29, 1.82) is 0 Å².